The molecule has 0 amide bonds. The number of nitrogens with zero attached hydrogens (tertiary/aromatic N) is 1. The monoisotopic (exact) mass is 271 g/mol. The second-order valence-electron chi connectivity index (χ2n) is 6.06. The van der Waals surface area contributed by atoms with E-state index in [1.807, 2.05) is 0 Å². The summed E-state index contributed by atoms with van der Waals surface area (Å²) in [6.45, 7) is 5.25. The smallest absolute Gasteiger partial charge is 0.289 e. The van der Waals surface area contributed by atoms with Gasteiger partial charge in [0.25, 0.3) is 0 Å². The second kappa shape index (κ2) is 5.16. The summed E-state index contributed by atoms with van der Waals surface area (Å²) in [4.78, 5) is 1.57. The summed E-state index contributed by atoms with van der Waals surface area (Å²) in [6, 6.07) is 6.75. The first-order valence-electron chi connectivity index (χ1n) is 6.65. The van der Waals surface area contributed by atoms with Crippen LogP contribution in [-0.2, 0) is 0 Å². The van der Waals surface area contributed by atoms with Crippen molar-refractivity contribution in [1.29, 1.82) is 0 Å². The Morgan fingerprint density at radius 2 is 1.58 bits per heavy atom. The van der Waals surface area contributed by atoms with Gasteiger partial charge >= 0.3 is 6.18 Å². The number of halogens is 3. The van der Waals surface area contributed by atoms with Crippen molar-refractivity contribution in [1.82, 2.24) is 4.90 Å². The highest BCUT2D eigenvalue weighted by molar-refractivity contribution is 5.20. The van der Waals surface area contributed by atoms with Gasteiger partial charge in [-0.3, -0.25) is 4.90 Å². The summed E-state index contributed by atoms with van der Waals surface area (Å²) in [7, 11) is 0. The fraction of sp³-hybridized carbons (Fsp3) is 0.600. The van der Waals surface area contributed by atoms with Crippen LogP contribution in [0.1, 0.15) is 38.3 Å². The Morgan fingerprint density at radius 3 is 2.05 bits per heavy atom. The van der Waals surface area contributed by atoms with Crippen molar-refractivity contribution in [3.05, 3.63) is 35.9 Å². The average Bonchev–Trinajstić information content (AvgIpc) is 2.31. The summed E-state index contributed by atoms with van der Waals surface area (Å²) in [5.41, 5.74) is 0.498. The van der Waals surface area contributed by atoms with Gasteiger partial charge in [0.05, 0.1) is 0 Å². The maximum absolute atomic E-state index is 13.3. The molecule has 0 spiro atoms. The van der Waals surface area contributed by atoms with Crippen LogP contribution in [0.25, 0.3) is 0 Å². The molecule has 1 aliphatic heterocycles. The first kappa shape index (κ1) is 14.4. The number of hydrogen-bond donors (Lipinski definition) is 0. The van der Waals surface area contributed by atoms with Gasteiger partial charge in [-0.1, -0.05) is 44.2 Å². The molecule has 1 heterocycles. The molecule has 1 nitrogen and oxygen atoms in total. The van der Waals surface area contributed by atoms with E-state index in [9.17, 15) is 13.2 Å². The highest BCUT2D eigenvalue weighted by Gasteiger charge is 2.45. The molecular formula is C15H20F3N. The minimum atomic E-state index is -4.22. The Kier molecular flexibility index (Phi) is 3.90. The lowest BCUT2D eigenvalue weighted by Crippen LogP contribution is -2.44. The van der Waals surface area contributed by atoms with Crippen LogP contribution in [0.2, 0.25) is 0 Å². The minimum Gasteiger partial charge on any atom is -0.289 e. The SMILES string of the molecule is CC1(C)CCN(C(c2ccccc2)C(F)(F)F)CC1. The summed E-state index contributed by atoms with van der Waals surface area (Å²) < 4.78 is 40.0. The van der Waals surface area contributed by atoms with Crippen molar-refractivity contribution in [2.24, 2.45) is 5.41 Å². The van der Waals surface area contributed by atoms with Gasteiger partial charge < -0.3 is 0 Å². The zero-order chi connectivity index (χ0) is 14.1. The van der Waals surface area contributed by atoms with Gasteiger partial charge in [0, 0.05) is 0 Å². The molecule has 0 bridgehead atoms. The number of likely N-dealkylation sites (tertiary alicyclic amines) is 1. The molecule has 0 saturated carbocycles. The van der Waals surface area contributed by atoms with Crippen molar-refractivity contribution >= 4 is 0 Å². The lowest BCUT2D eigenvalue weighted by atomic mass is 9.82. The molecule has 0 aliphatic carbocycles. The van der Waals surface area contributed by atoms with E-state index in [2.05, 4.69) is 13.8 Å². The number of alkyl halides is 3. The van der Waals surface area contributed by atoms with Crippen molar-refractivity contribution in [2.75, 3.05) is 13.1 Å². The average molecular weight is 271 g/mol. The Bertz CT molecular complexity index is 401. The Labute approximate surface area is 112 Å². The number of hydrogen-bond acceptors (Lipinski definition) is 1. The third kappa shape index (κ3) is 3.50. The summed E-state index contributed by atoms with van der Waals surface area (Å²) >= 11 is 0. The molecule has 1 atom stereocenters. The van der Waals surface area contributed by atoms with Crippen LogP contribution < -0.4 is 0 Å². The van der Waals surface area contributed by atoms with E-state index in [-0.39, 0.29) is 5.41 Å². The highest BCUT2D eigenvalue weighted by atomic mass is 19.4. The summed E-state index contributed by atoms with van der Waals surface area (Å²) in [5, 5.41) is 0. The maximum atomic E-state index is 13.3. The third-order valence-electron chi connectivity index (χ3n) is 3.94. The lowest BCUT2D eigenvalue weighted by molar-refractivity contribution is -0.191. The van der Waals surface area contributed by atoms with Crippen molar-refractivity contribution in [2.45, 2.75) is 38.9 Å². The molecule has 2 rings (SSSR count). The molecule has 0 N–H and O–H groups in total. The second-order valence-corrected chi connectivity index (χ2v) is 6.06. The van der Waals surface area contributed by atoms with Gasteiger partial charge in [-0.25, -0.2) is 0 Å². The summed E-state index contributed by atoms with van der Waals surface area (Å²) in [5.74, 6) is 0. The first-order chi connectivity index (χ1) is 8.80. The van der Waals surface area contributed by atoms with Gasteiger partial charge in [0.2, 0.25) is 0 Å². The van der Waals surface area contributed by atoms with E-state index in [4.69, 9.17) is 0 Å². The van der Waals surface area contributed by atoms with Crippen molar-refractivity contribution in [3.8, 4) is 0 Å². The molecule has 106 valence electrons. The van der Waals surface area contributed by atoms with E-state index in [1.54, 1.807) is 35.2 Å². The van der Waals surface area contributed by atoms with E-state index in [0.717, 1.165) is 12.8 Å². The molecule has 0 aromatic heterocycles. The van der Waals surface area contributed by atoms with Gasteiger partial charge in [0.15, 0.2) is 0 Å². The molecule has 1 aliphatic rings. The van der Waals surface area contributed by atoms with Crippen LogP contribution in [-0.4, -0.2) is 24.2 Å². The fourth-order valence-corrected chi connectivity index (χ4v) is 2.63. The zero-order valence-corrected chi connectivity index (χ0v) is 11.4. The fourth-order valence-electron chi connectivity index (χ4n) is 2.63. The van der Waals surface area contributed by atoms with E-state index in [1.165, 1.54) is 0 Å². The van der Waals surface area contributed by atoms with Crippen LogP contribution in [0.5, 0.6) is 0 Å². The largest absolute Gasteiger partial charge is 0.408 e. The standard InChI is InChI=1S/C15H20F3N/c1-14(2)8-10-19(11-9-14)13(15(16,17)18)12-6-4-3-5-7-12/h3-7,13H,8-11H2,1-2H3. The molecule has 19 heavy (non-hydrogen) atoms. The Hall–Kier alpha value is -1.03. The first-order valence-corrected chi connectivity index (χ1v) is 6.65. The van der Waals surface area contributed by atoms with Gasteiger partial charge in [-0.15, -0.1) is 0 Å². The predicted molar refractivity (Wildman–Crippen MR) is 69.8 cm³/mol. The van der Waals surface area contributed by atoms with Gasteiger partial charge in [-0.2, -0.15) is 13.2 Å². The number of piperidine rings is 1. The molecule has 1 fully saturated rings. The topological polar surface area (TPSA) is 3.24 Å². The van der Waals surface area contributed by atoms with Crippen molar-refractivity contribution < 1.29 is 13.2 Å². The van der Waals surface area contributed by atoms with E-state index in [0.29, 0.717) is 18.7 Å². The molecule has 1 aromatic rings. The molecule has 4 heteroatoms. The third-order valence-corrected chi connectivity index (χ3v) is 3.94. The zero-order valence-electron chi connectivity index (χ0n) is 11.4. The van der Waals surface area contributed by atoms with Crippen molar-refractivity contribution in [3.63, 3.8) is 0 Å². The normalized spacial score (nSPS) is 22.2. The van der Waals surface area contributed by atoms with Crippen LogP contribution in [0, 0.1) is 5.41 Å². The minimum absolute atomic E-state index is 0.156. The Balaban J connectivity index is 2.21. The molecule has 1 unspecified atom stereocenters. The number of rotatable bonds is 2. The van der Waals surface area contributed by atoms with Crippen LogP contribution in [0.15, 0.2) is 30.3 Å². The number of benzene rings is 1. The van der Waals surface area contributed by atoms with E-state index >= 15 is 0 Å². The van der Waals surface area contributed by atoms with Gasteiger partial charge in [-0.05, 0) is 36.9 Å². The molecule has 1 aromatic carbocycles. The highest BCUT2D eigenvalue weighted by Crippen LogP contribution is 2.41. The molecule has 1 saturated heterocycles. The predicted octanol–water partition coefficient (Wildman–Crippen LogP) is 4.41. The van der Waals surface area contributed by atoms with Crippen LogP contribution in [0.3, 0.4) is 0 Å². The van der Waals surface area contributed by atoms with Crippen LogP contribution in [0.4, 0.5) is 13.2 Å². The molecule has 0 radical (unpaired) electrons. The maximum Gasteiger partial charge on any atom is 0.408 e. The van der Waals surface area contributed by atoms with E-state index < -0.39 is 12.2 Å². The lowest BCUT2D eigenvalue weighted by Gasteiger charge is -2.41. The molecular weight excluding hydrogens is 251 g/mol. The summed E-state index contributed by atoms with van der Waals surface area (Å²) in [6.07, 6.45) is -2.60. The van der Waals surface area contributed by atoms with Gasteiger partial charge in [0.1, 0.15) is 6.04 Å². The quantitative estimate of drug-likeness (QED) is 0.770. The Morgan fingerprint density at radius 1 is 1.05 bits per heavy atom. The van der Waals surface area contributed by atoms with Crippen LogP contribution >= 0.6 is 0 Å².